The normalized spacial score (nSPS) is 20.4. The van der Waals surface area contributed by atoms with E-state index in [0.29, 0.717) is 19.8 Å². The molecule has 0 amide bonds. The van der Waals surface area contributed by atoms with Crippen LogP contribution in [0.5, 0.6) is 0 Å². The van der Waals surface area contributed by atoms with Crippen molar-refractivity contribution in [2.24, 2.45) is 0 Å². The van der Waals surface area contributed by atoms with E-state index in [-0.39, 0.29) is 11.2 Å². The summed E-state index contributed by atoms with van der Waals surface area (Å²) in [4.78, 5) is 11.7. The SMILES string of the molecule is CCOC(=O)C(C)(C)S(=O)C1CCOCC1. The molecule has 1 aliphatic heterocycles. The summed E-state index contributed by atoms with van der Waals surface area (Å²) in [5, 5.41) is 0.0492. The van der Waals surface area contributed by atoms with Gasteiger partial charge in [-0.3, -0.25) is 9.00 Å². The van der Waals surface area contributed by atoms with E-state index in [2.05, 4.69) is 0 Å². The fraction of sp³-hybridized carbons (Fsp3) is 0.909. The Morgan fingerprint density at radius 2 is 2.00 bits per heavy atom. The molecule has 0 bridgehead atoms. The number of hydrogen-bond donors (Lipinski definition) is 0. The van der Waals surface area contributed by atoms with Gasteiger partial charge in [0.1, 0.15) is 4.75 Å². The minimum Gasteiger partial charge on any atom is -0.465 e. The molecule has 0 aromatic heterocycles. The number of rotatable bonds is 4. The average Bonchev–Trinajstić information content (AvgIpc) is 2.29. The van der Waals surface area contributed by atoms with Crippen molar-refractivity contribution in [3.63, 3.8) is 0 Å². The van der Waals surface area contributed by atoms with Crippen molar-refractivity contribution < 1.29 is 18.5 Å². The fourth-order valence-electron chi connectivity index (χ4n) is 1.69. The molecule has 0 aromatic carbocycles. The average molecular weight is 248 g/mol. The van der Waals surface area contributed by atoms with Crippen LogP contribution >= 0.6 is 0 Å². The Labute approximate surface area is 99.1 Å². The molecular formula is C11H20O4S. The van der Waals surface area contributed by atoms with Crippen LogP contribution in [0.1, 0.15) is 33.6 Å². The molecule has 5 heteroatoms. The Morgan fingerprint density at radius 1 is 1.44 bits per heavy atom. The molecule has 1 rings (SSSR count). The van der Waals surface area contributed by atoms with Crippen LogP contribution in [0, 0.1) is 0 Å². The van der Waals surface area contributed by atoms with Gasteiger partial charge in [0.2, 0.25) is 0 Å². The summed E-state index contributed by atoms with van der Waals surface area (Å²) in [6.07, 6.45) is 1.52. The van der Waals surface area contributed by atoms with Gasteiger partial charge in [0.25, 0.3) is 0 Å². The lowest BCUT2D eigenvalue weighted by Crippen LogP contribution is -2.44. The zero-order chi connectivity index (χ0) is 12.2. The Balaban J connectivity index is 2.66. The zero-order valence-electron chi connectivity index (χ0n) is 10.2. The largest absolute Gasteiger partial charge is 0.465 e. The monoisotopic (exact) mass is 248 g/mol. The Morgan fingerprint density at radius 3 is 2.50 bits per heavy atom. The molecule has 1 heterocycles. The van der Waals surface area contributed by atoms with Crippen molar-refractivity contribution in [2.75, 3.05) is 19.8 Å². The van der Waals surface area contributed by atoms with Crippen LogP contribution < -0.4 is 0 Å². The number of ether oxygens (including phenoxy) is 2. The van der Waals surface area contributed by atoms with Crippen LogP contribution in [-0.4, -0.2) is 40.0 Å². The van der Waals surface area contributed by atoms with Gasteiger partial charge >= 0.3 is 5.97 Å². The maximum atomic E-state index is 12.3. The first kappa shape index (κ1) is 13.6. The van der Waals surface area contributed by atoms with E-state index in [1.807, 2.05) is 0 Å². The highest BCUT2D eigenvalue weighted by atomic mass is 32.2. The third-order valence-corrected chi connectivity index (χ3v) is 4.99. The maximum absolute atomic E-state index is 12.3. The molecule has 16 heavy (non-hydrogen) atoms. The molecule has 1 aliphatic rings. The second-order valence-electron chi connectivity index (χ2n) is 4.34. The standard InChI is InChI=1S/C11H20O4S/c1-4-15-10(12)11(2,3)16(13)9-5-7-14-8-6-9/h9H,4-8H2,1-3H3. The van der Waals surface area contributed by atoms with Crippen LogP contribution in [-0.2, 0) is 25.1 Å². The van der Waals surface area contributed by atoms with Gasteiger partial charge in [-0.2, -0.15) is 0 Å². The van der Waals surface area contributed by atoms with Crippen molar-refractivity contribution >= 4 is 16.8 Å². The molecule has 94 valence electrons. The molecule has 1 unspecified atom stereocenters. The minimum absolute atomic E-state index is 0.0492. The van der Waals surface area contributed by atoms with Gasteiger partial charge in [-0.15, -0.1) is 0 Å². The Kier molecular flexibility index (Phi) is 4.92. The quantitative estimate of drug-likeness (QED) is 0.703. The van der Waals surface area contributed by atoms with Gasteiger partial charge < -0.3 is 9.47 Å². The van der Waals surface area contributed by atoms with Crippen molar-refractivity contribution in [1.82, 2.24) is 0 Å². The fourth-order valence-corrected chi connectivity index (χ4v) is 3.37. The molecule has 0 aromatic rings. The summed E-state index contributed by atoms with van der Waals surface area (Å²) in [5.41, 5.74) is 0. The van der Waals surface area contributed by atoms with Crippen LogP contribution in [0.25, 0.3) is 0 Å². The Hall–Kier alpha value is -0.420. The van der Waals surface area contributed by atoms with Crippen molar-refractivity contribution in [1.29, 1.82) is 0 Å². The smallest absolute Gasteiger partial charge is 0.324 e. The second kappa shape index (κ2) is 5.77. The molecule has 0 N–H and O–H groups in total. The third kappa shape index (κ3) is 3.04. The van der Waals surface area contributed by atoms with E-state index < -0.39 is 15.5 Å². The number of hydrogen-bond acceptors (Lipinski definition) is 4. The van der Waals surface area contributed by atoms with E-state index >= 15 is 0 Å². The van der Waals surface area contributed by atoms with Gasteiger partial charge in [0, 0.05) is 29.3 Å². The lowest BCUT2D eigenvalue weighted by atomic mass is 10.2. The molecule has 4 nitrogen and oxygen atoms in total. The van der Waals surface area contributed by atoms with Gasteiger partial charge in [-0.1, -0.05) is 0 Å². The highest BCUT2D eigenvalue weighted by Gasteiger charge is 2.40. The third-order valence-electron chi connectivity index (χ3n) is 2.74. The van der Waals surface area contributed by atoms with Crippen LogP contribution in [0.3, 0.4) is 0 Å². The van der Waals surface area contributed by atoms with Crippen molar-refractivity contribution in [2.45, 2.75) is 43.6 Å². The van der Waals surface area contributed by atoms with Crippen molar-refractivity contribution in [3.05, 3.63) is 0 Å². The maximum Gasteiger partial charge on any atom is 0.324 e. The van der Waals surface area contributed by atoms with Crippen LogP contribution in [0.2, 0.25) is 0 Å². The molecule has 0 radical (unpaired) electrons. The molecule has 0 aliphatic carbocycles. The highest BCUT2D eigenvalue weighted by molar-refractivity contribution is 7.87. The summed E-state index contributed by atoms with van der Waals surface area (Å²) in [6.45, 7) is 6.73. The van der Waals surface area contributed by atoms with Crippen LogP contribution in [0.4, 0.5) is 0 Å². The van der Waals surface area contributed by atoms with Gasteiger partial charge in [-0.05, 0) is 33.6 Å². The molecule has 1 atom stereocenters. The first-order chi connectivity index (χ1) is 7.50. The minimum atomic E-state index is -1.20. The summed E-state index contributed by atoms with van der Waals surface area (Å²) in [5.74, 6) is -0.375. The molecule has 1 fully saturated rings. The molecule has 0 saturated carbocycles. The van der Waals surface area contributed by atoms with Crippen molar-refractivity contribution in [3.8, 4) is 0 Å². The number of carbonyl (C=O) groups excluding carboxylic acids is 1. The second-order valence-corrected chi connectivity index (χ2v) is 6.62. The lowest BCUT2D eigenvalue weighted by Gasteiger charge is -2.29. The molecule has 0 spiro atoms. The number of esters is 1. The first-order valence-electron chi connectivity index (χ1n) is 5.65. The van der Waals surface area contributed by atoms with Gasteiger partial charge in [0.15, 0.2) is 0 Å². The first-order valence-corrected chi connectivity index (χ1v) is 6.87. The van der Waals surface area contributed by atoms with Gasteiger partial charge in [-0.25, -0.2) is 0 Å². The predicted octanol–water partition coefficient (Wildman–Crippen LogP) is 1.26. The van der Waals surface area contributed by atoms with E-state index in [9.17, 15) is 9.00 Å². The predicted molar refractivity (Wildman–Crippen MR) is 62.7 cm³/mol. The topological polar surface area (TPSA) is 52.6 Å². The van der Waals surface area contributed by atoms with Crippen LogP contribution in [0.15, 0.2) is 0 Å². The van der Waals surface area contributed by atoms with E-state index in [1.54, 1.807) is 20.8 Å². The molecular weight excluding hydrogens is 228 g/mol. The number of carbonyl (C=O) groups is 1. The highest BCUT2D eigenvalue weighted by Crippen LogP contribution is 2.24. The summed E-state index contributed by atoms with van der Waals surface area (Å²) in [7, 11) is -1.20. The Bertz CT molecular complexity index is 269. The lowest BCUT2D eigenvalue weighted by molar-refractivity contribution is -0.145. The van der Waals surface area contributed by atoms with E-state index in [0.717, 1.165) is 12.8 Å². The van der Waals surface area contributed by atoms with E-state index in [1.165, 1.54) is 0 Å². The summed E-state index contributed by atoms with van der Waals surface area (Å²) < 4.78 is 21.5. The summed E-state index contributed by atoms with van der Waals surface area (Å²) in [6, 6.07) is 0. The molecule has 1 saturated heterocycles. The zero-order valence-corrected chi connectivity index (χ0v) is 11.0. The van der Waals surface area contributed by atoms with Gasteiger partial charge in [0.05, 0.1) is 6.61 Å². The summed E-state index contributed by atoms with van der Waals surface area (Å²) >= 11 is 0. The van der Waals surface area contributed by atoms with E-state index in [4.69, 9.17) is 9.47 Å².